The van der Waals surface area contributed by atoms with Gasteiger partial charge in [0.15, 0.2) is 0 Å². The molecule has 0 bridgehead atoms. The third-order valence-electron chi connectivity index (χ3n) is 10.6. The van der Waals surface area contributed by atoms with Gasteiger partial charge in [0.2, 0.25) is 0 Å². The lowest BCUT2D eigenvalue weighted by molar-refractivity contribution is 0.647. The van der Waals surface area contributed by atoms with Crippen LogP contribution in [0.4, 0.5) is 17.1 Å². The van der Waals surface area contributed by atoms with E-state index in [0.29, 0.717) is 0 Å². The molecule has 0 N–H and O–H groups in total. The Bertz CT molecular complexity index is 2180. The molecule has 0 amide bonds. The van der Waals surface area contributed by atoms with Crippen LogP contribution in [0.15, 0.2) is 109 Å². The highest BCUT2D eigenvalue weighted by atomic mass is 15.1. The van der Waals surface area contributed by atoms with Crippen molar-refractivity contribution < 1.29 is 0 Å². The molecule has 5 aromatic rings. The smallest absolute Gasteiger partial charge is 0.0490 e. The quantitative estimate of drug-likeness (QED) is 0.179. The molecule has 0 radical (unpaired) electrons. The maximum absolute atomic E-state index is 5.71. The van der Waals surface area contributed by atoms with E-state index in [1.54, 1.807) is 0 Å². The fourth-order valence-electron chi connectivity index (χ4n) is 7.83. The first-order chi connectivity index (χ1) is 22.4. The number of benzene rings is 5. The highest BCUT2D eigenvalue weighted by Gasteiger charge is 2.40. The Hall–Kier alpha value is -5.06. The molecule has 232 valence electrons. The van der Waals surface area contributed by atoms with E-state index < -0.39 is 0 Å². The summed E-state index contributed by atoms with van der Waals surface area (Å²) in [6.45, 7) is 18.3. The average Bonchev–Trinajstić information content (AvgIpc) is 3.42. The van der Waals surface area contributed by atoms with Gasteiger partial charge in [-0.2, -0.15) is 0 Å². The van der Waals surface area contributed by atoms with E-state index in [2.05, 4.69) is 163 Å². The van der Waals surface area contributed by atoms with Crippen LogP contribution >= 0.6 is 0 Å². The molecule has 0 saturated heterocycles. The summed E-state index contributed by atoms with van der Waals surface area (Å²) >= 11 is 0. The summed E-state index contributed by atoms with van der Waals surface area (Å²) < 4.78 is 0. The van der Waals surface area contributed by atoms with Crippen LogP contribution < -0.4 is 4.90 Å². The maximum atomic E-state index is 5.71. The zero-order valence-corrected chi connectivity index (χ0v) is 28.9. The topological polar surface area (TPSA) is 3.24 Å². The van der Waals surface area contributed by atoms with Gasteiger partial charge in [-0.15, -0.1) is 6.42 Å². The standard InChI is InChI=1S/C46H43N/c1-10-33-16-18-36(19-17-33)47(44-22-15-29(2)23-32(44)5)37-20-21-39-40-28-41-34(26-42(40)46(8,9)43(39)27-37)25-35(45(41,6)7)24-31(4)38-14-12-11-13-30(38)3/h1,11-28H,2-9H3/b31-24-. The number of aryl methyl sites for hydroxylation is 3. The van der Waals surface area contributed by atoms with Crippen molar-refractivity contribution in [1.29, 1.82) is 0 Å². The zero-order chi connectivity index (χ0) is 33.2. The first-order valence-corrected chi connectivity index (χ1v) is 16.6. The lowest BCUT2D eigenvalue weighted by Gasteiger charge is -2.29. The Balaban J connectivity index is 1.32. The molecule has 1 heteroatoms. The van der Waals surface area contributed by atoms with Gasteiger partial charge in [-0.3, -0.25) is 0 Å². The highest BCUT2D eigenvalue weighted by Crippen LogP contribution is 2.54. The molecule has 0 heterocycles. The first-order valence-electron chi connectivity index (χ1n) is 16.6. The molecule has 0 atom stereocenters. The summed E-state index contributed by atoms with van der Waals surface area (Å²) in [5.41, 5.74) is 20.0. The van der Waals surface area contributed by atoms with Crippen LogP contribution in [0.1, 0.15) is 84.7 Å². The summed E-state index contributed by atoms with van der Waals surface area (Å²) in [5, 5.41) is 0. The second-order valence-corrected chi connectivity index (χ2v) is 14.5. The minimum absolute atomic E-state index is 0.0918. The van der Waals surface area contributed by atoms with Crippen LogP contribution in [0.2, 0.25) is 0 Å². The molecule has 1 nitrogen and oxygen atoms in total. The van der Waals surface area contributed by atoms with Crippen molar-refractivity contribution in [2.24, 2.45) is 0 Å². The van der Waals surface area contributed by atoms with Crippen LogP contribution in [-0.2, 0) is 10.8 Å². The lowest BCUT2D eigenvalue weighted by atomic mass is 9.78. The Morgan fingerprint density at radius 3 is 2.09 bits per heavy atom. The Kier molecular flexibility index (Phi) is 7.18. The van der Waals surface area contributed by atoms with E-state index >= 15 is 0 Å². The minimum Gasteiger partial charge on any atom is -0.310 e. The van der Waals surface area contributed by atoms with Crippen molar-refractivity contribution in [3.05, 3.63) is 159 Å². The summed E-state index contributed by atoms with van der Waals surface area (Å²) in [7, 11) is 0. The molecule has 0 unspecified atom stereocenters. The van der Waals surface area contributed by atoms with Crippen LogP contribution in [-0.4, -0.2) is 0 Å². The first kappa shape index (κ1) is 30.6. The third-order valence-corrected chi connectivity index (χ3v) is 10.6. The van der Waals surface area contributed by atoms with Crippen molar-refractivity contribution >= 4 is 28.7 Å². The van der Waals surface area contributed by atoms with Crippen LogP contribution in [0.5, 0.6) is 0 Å². The number of hydrogen-bond donors (Lipinski definition) is 0. The number of allylic oxidation sites excluding steroid dienone is 3. The van der Waals surface area contributed by atoms with Crippen molar-refractivity contribution in [1.82, 2.24) is 0 Å². The molecule has 2 aliphatic rings. The molecule has 2 aliphatic carbocycles. The van der Waals surface area contributed by atoms with Gasteiger partial charge in [0.05, 0.1) is 0 Å². The van der Waals surface area contributed by atoms with Gasteiger partial charge in [-0.05, 0) is 144 Å². The van der Waals surface area contributed by atoms with E-state index in [1.165, 1.54) is 72.5 Å². The molecular weight excluding hydrogens is 567 g/mol. The van der Waals surface area contributed by atoms with Gasteiger partial charge in [-0.25, -0.2) is 0 Å². The van der Waals surface area contributed by atoms with E-state index in [1.807, 2.05) is 12.1 Å². The summed E-state index contributed by atoms with van der Waals surface area (Å²) in [6, 6.07) is 35.7. The molecular formula is C46H43N. The van der Waals surface area contributed by atoms with Gasteiger partial charge < -0.3 is 4.90 Å². The van der Waals surface area contributed by atoms with Gasteiger partial charge in [0.25, 0.3) is 0 Å². The number of hydrogen-bond acceptors (Lipinski definition) is 1. The van der Waals surface area contributed by atoms with E-state index in [-0.39, 0.29) is 10.8 Å². The monoisotopic (exact) mass is 609 g/mol. The number of anilines is 3. The van der Waals surface area contributed by atoms with Gasteiger partial charge in [0.1, 0.15) is 0 Å². The molecule has 0 saturated carbocycles. The van der Waals surface area contributed by atoms with Crippen LogP contribution in [0, 0.1) is 33.1 Å². The third kappa shape index (κ3) is 4.95. The van der Waals surface area contributed by atoms with E-state index in [9.17, 15) is 0 Å². The Labute approximate surface area is 281 Å². The number of terminal acetylenes is 1. The molecule has 47 heavy (non-hydrogen) atoms. The summed E-state index contributed by atoms with van der Waals surface area (Å²) in [6.07, 6.45) is 10.5. The predicted molar refractivity (Wildman–Crippen MR) is 202 cm³/mol. The normalized spacial score (nSPS) is 15.4. The number of nitrogens with zero attached hydrogens (tertiary/aromatic N) is 1. The van der Waals surface area contributed by atoms with Crippen LogP contribution in [0.3, 0.4) is 0 Å². The molecule has 0 aromatic heterocycles. The molecule has 0 spiro atoms. The number of rotatable bonds is 5. The van der Waals surface area contributed by atoms with E-state index in [0.717, 1.165) is 16.9 Å². The minimum atomic E-state index is -0.148. The number of fused-ring (bicyclic) bond motifs is 4. The Morgan fingerprint density at radius 2 is 1.38 bits per heavy atom. The average molecular weight is 610 g/mol. The summed E-state index contributed by atoms with van der Waals surface area (Å²) in [5.74, 6) is 2.77. The second kappa shape index (κ2) is 11.0. The molecule has 7 rings (SSSR count). The van der Waals surface area contributed by atoms with Gasteiger partial charge in [-0.1, -0.05) is 93.8 Å². The van der Waals surface area contributed by atoms with Gasteiger partial charge in [0, 0.05) is 33.5 Å². The SMILES string of the molecule is C#Cc1ccc(N(c2ccc3c(c2)C(C)(C)c2cc4c(cc2-3)C(C)(C)C(/C=C(/C)c2ccccc2C)=C4)c2ccc(C)cc2C)cc1. The predicted octanol–water partition coefficient (Wildman–Crippen LogP) is 12.1. The molecule has 0 fully saturated rings. The highest BCUT2D eigenvalue weighted by molar-refractivity contribution is 5.89. The Morgan fingerprint density at radius 1 is 0.681 bits per heavy atom. The fraction of sp³-hybridized carbons (Fsp3) is 0.217. The lowest BCUT2D eigenvalue weighted by Crippen LogP contribution is -2.18. The molecule has 0 aliphatic heterocycles. The fourth-order valence-corrected chi connectivity index (χ4v) is 7.83. The largest absolute Gasteiger partial charge is 0.310 e. The van der Waals surface area contributed by atoms with E-state index in [4.69, 9.17) is 6.42 Å². The van der Waals surface area contributed by atoms with Crippen LogP contribution in [0.25, 0.3) is 22.8 Å². The second-order valence-electron chi connectivity index (χ2n) is 14.5. The van der Waals surface area contributed by atoms with Crippen molar-refractivity contribution in [3.8, 4) is 23.5 Å². The van der Waals surface area contributed by atoms with Crippen molar-refractivity contribution in [2.75, 3.05) is 4.90 Å². The van der Waals surface area contributed by atoms with Crippen molar-refractivity contribution in [2.45, 2.75) is 66.2 Å². The zero-order valence-electron chi connectivity index (χ0n) is 28.9. The van der Waals surface area contributed by atoms with Crippen molar-refractivity contribution in [3.63, 3.8) is 0 Å². The molecule has 5 aromatic carbocycles. The summed E-state index contributed by atoms with van der Waals surface area (Å²) in [4.78, 5) is 2.37. The maximum Gasteiger partial charge on any atom is 0.0490 e. The van der Waals surface area contributed by atoms with Gasteiger partial charge >= 0.3 is 0 Å².